The van der Waals surface area contributed by atoms with Gasteiger partial charge in [-0.2, -0.15) is 5.10 Å². The lowest BCUT2D eigenvalue weighted by Gasteiger charge is -2.01. The molecule has 2 heterocycles. The van der Waals surface area contributed by atoms with Gasteiger partial charge in [0.05, 0.1) is 9.80 Å². The van der Waals surface area contributed by atoms with Crippen LogP contribution >= 0.6 is 11.3 Å². The monoisotopic (exact) mass is 293 g/mol. The zero-order valence-electron chi connectivity index (χ0n) is 11.5. The molecule has 0 aromatic carbocycles. The fourth-order valence-electron chi connectivity index (χ4n) is 2.04. The molecule has 0 atom stereocenters. The molecule has 0 unspecified atom stereocenters. The highest BCUT2D eigenvalue weighted by Crippen LogP contribution is 2.23. The molecular formula is C13H15N3O3S. The molecule has 0 spiro atoms. The molecular weight excluding hydrogens is 278 g/mol. The van der Waals surface area contributed by atoms with Crippen LogP contribution in [-0.4, -0.2) is 20.5 Å². The molecule has 6 nitrogen and oxygen atoms in total. The summed E-state index contributed by atoms with van der Waals surface area (Å²) in [7, 11) is 0. The second kappa shape index (κ2) is 5.54. The van der Waals surface area contributed by atoms with E-state index >= 15 is 0 Å². The van der Waals surface area contributed by atoms with Crippen molar-refractivity contribution in [3.05, 3.63) is 43.4 Å². The summed E-state index contributed by atoms with van der Waals surface area (Å²) >= 11 is 1.46. The smallest absolute Gasteiger partial charge is 0.291 e. The van der Waals surface area contributed by atoms with E-state index in [4.69, 9.17) is 0 Å². The molecule has 0 N–H and O–H groups in total. The Morgan fingerprint density at radius 1 is 1.45 bits per heavy atom. The van der Waals surface area contributed by atoms with Crippen LogP contribution in [0.1, 0.15) is 32.9 Å². The molecule has 0 bridgehead atoms. The summed E-state index contributed by atoms with van der Waals surface area (Å²) in [4.78, 5) is 24.4. The van der Waals surface area contributed by atoms with Gasteiger partial charge in [-0.05, 0) is 32.4 Å². The summed E-state index contributed by atoms with van der Waals surface area (Å²) in [5.41, 5.74) is 0.729. The lowest BCUT2D eigenvalue weighted by atomic mass is 10.3. The number of aromatic nitrogens is 2. The molecule has 0 aliphatic rings. The van der Waals surface area contributed by atoms with Gasteiger partial charge in [0.25, 0.3) is 0 Å². The number of carbonyl (C=O) groups excluding carboxylic acids is 1. The third-order valence-corrected chi connectivity index (χ3v) is 4.37. The van der Waals surface area contributed by atoms with Crippen molar-refractivity contribution in [3.8, 4) is 0 Å². The van der Waals surface area contributed by atoms with Crippen molar-refractivity contribution in [2.24, 2.45) is 0 Å². The van der Waals surface area contributed by atoms with Crippen LogP contribution in [0.25, 0.3) is 0 Å². The van der Waals surface area contributed by atoms with Crippen molar-refractivity contribution in [1.29, 1.82) is 0 Å². The number of carbonyl (C=O) groups is 1. The number of hydrogen-bond acceptors (Lipinski definition) is 5. The lowest BCUT2D eigenvalue weighted by molar-refractivity contribution is -0.386. The number of Topliss-reactive ketones (excluding diaryl/α,β-unsaturated/α-hetero) is 1. The van der Waals surface area contributed by atoms with Crippen LogP contribution in [0.15, 0.2) is 12.1 Å². The van der Waals surface area contributed by atoms with Gasteiger partial charge in [-0.15, -0.1) is 11.3 Å². The number of rotatable bonds is 5. The van der Waals surface area contributed by atoms with Crippen molar-refractivity contribution in [2.45, 2.75) is 33.7 Å². The Balaban J connectivity index is 2.24. The van der Waals surface area contributed by atoms with Crippen molar-refractivity contribution < 1.29 is 9.72 Å². The van der Waals surface area contributed by atoms with Crippen LogP contribution in [0.5, 0.6) is 0 Å². The molecule has 2 aromatic heterocycles. The summed E-state index contributed by atoms with van der Waals surface area (Å²) in [6.07, 6.45) is 0.892. The van der Waals surface area contributed by atoms with E-state index in [0.29, 0.717) is 16.3 Å². The molecule has 106 valence electrons. The fourth-order valence-corrected chi connectivity index (χ4v) is 2.91. The van der Waals surface area contributed by atoms with Crippen LogP contribution in [0.3, 0.4) is 0 Å². The highest BCUT2D eigenvalue weighted by molar-refractivity contribution is 7.14. The first-order valence-electron chi connectivity index (χ1n) is 6.24. The molecule has 0 amide bonds. The van der Waals surface area contributed by atoms with E-state index < -0.39 is 4.92 Å². The van der Waals surface area contributed by atoms with Gasteiger partial charge in [-0.25, -0.2) is 0 Å². The SMILES string of the molecule is CCc1ccc(C(=O)Cn2nc(C)c([N+](=O)[O-])c2C)s1. The molecule has 0 saturated carbocycles. The predicted octanol–water partition coefficient (Wildman–Crippen LogP) is 2.91. The molecule has 0 aliphatic heterocycles. The lowest BCUT2D eigenvalue weighted by Crippen LogP contribution is -2.12. The minimum atomic E-state index is -0.459. The number of hydrogen-bond donors (Lipinski definition) is 0. The van der Waals surface area contributed by atoms with Crippen molar-refractivity contribution in [3.63, 3.8) is 0 Å². The number of nitrogens with zero attached hydrogens (tertiary/aromatic N) is 3. The summed E-state index contributed by atoms with van der Waals surface area (Å²) in [5, 5.41) is 15.0. The van der Waals surface area contributed by atoms with Crippen LogP contribution < -0.4 is 0 Å². The Morgan fingerprint density at radius 3 is 2.65 bits per heavy atom. The van der Waals surface area contributed by atoms with Crippen molar-refractivity contribution in [1.82, 2.24) is 9.78 Å². The van der Waals surface area contributed by atoms with Crippen LogP contribution in [0.4, 0.5) is 5.69 Å². The maximum absolute atomic E-state index is 12.2. The maximum atomic E-state index is 12.2. The number of ketones is 1. The predicted molar refractivity (Wildman–Crippen MR) is 76.4 cm³/mol. The van der Waals surface area contributed by atoms with E-state index in [0.717, 1.165) is 11.3 Å². The Morgan fingerprint density at radius 2 is 2.15 bits per heavy atom. The number of aryl methyl sites for hydroxylation is 2. The van der Waals surface area contributed by atoms with E-state index in [-0.39, 0.29) is 18.0 Å². The first-order valence-corrected chi connectivity index (χ1v) is 7.06. The summed E-state index contributed by atoms with van der Waals surface area (Å²) < 4.78 is 1.40. The van der Waals surface area contributed by atoms with E-state index in [1.807, 2.05) is 13.0 Å². The molecule has 0 aliphatic carbocycles. The molecule has 7 heteroatoms. The molecule has 0 fully saturated rings. The number of nitro groups is 1. The Hall–Kier alpha value is -2.02. The highest BCUT2D eigenvalue weighted by atomic mass is 32.1. The average Bonchev–Trinajstić information content (AvgIpc) is 2.95. The van der Waals surface area contributed by atoms with Crippen LogP contribution in [0, 0.1) is 24.0 Å². The van der Waals surface area contributed by atoms with Crippen LogP contribution in [-0.2, 0) is 13.0 Å². The van der Waals surface area contributed by atoms with Gasteiger partial charge in [0.1, 0.15) is 17.9 Å². The average molecular weight is 293 g/mol. The van der Waals surface area contributed by atoms with Gasteiger partial charge in [0, 0.05) is 4.88 Å². The zero-order chi connectivity index (χ0) is 14.9. The normalized spacial score (nSPS) is 10.8. The summed E-state index contributed by atoms with van der Waals surface area (Å²) in [6, 6.07) is 3.73. The highest BCUT2D eigenvalue weighted by Gasteiger charge is 2.23. The second-order valence-corrected chi connectivity index (χ2v) is 5.65. The Kier molecular flexibility index (Phi) is 3.99. The van der Waals surface area contributed by atoms with Gasteiger partial charge in [0.2, 0.25) is 0 Å². The Labute approximate surface area is 120 Å². The first-order chi connectivity index (χ1) is 9.43. The van der Waals surface area contributed by atoms with Gasteiger partial charge in [-0.3, -0.25) is 19.6 Å². The third kappa shape index (κ3) is 2.62. The summed E-state index contributed by atoms with van der Waals surface area (Å²) in [5.74, 6) is -0.0739. The van der Waals surface area contributed by atoms with Crippen molar-refractivity contribution >= 4 is 22.8 Å². The molecule has 20 heavy (non-hydrogen) atoms. The fraction of sp³-hybridized carbons (Fsp3) is 0.385. The van der Waals surface area contributed by atoms with E-state index in [1.54, 1.807) is 19.9 Å². The molecule has 0 radical (unpaired) electrons. The van der Waals surface area contributed by atoms with Gasteiger partial charge in [0.15, 0.2) is 5.78 Å². The molecule has 2 aromatic rings. The van der Waals surface area contributed by atoms with Crippen LogP contribution in [0.2, 0.25) is 0 Å². The minimum Gasteiger partial charge on any atom is -0.291 e. The second-order valence-electron chi connectivity index (χ2n) is 4.48. The standard InChI is InChI=1S/C13H15N3O3S/c1-4-10-5-6-12(20-10)11(17)7-15-9(3)13(16(18)19)8(2)14-15/h5-6H,4,7H2,1-3H3. The minimum absolute atomic E-state index is 0.0155. The topological polar surface area (TPSA) is 78.0 Å². The van der Waals surface area contributed by atoms with E-state index in [2.05, 4.69) is 5.10 Å². The largest absolute Gasteiger partial charge is 0.312 e. The molecule has 0 saturated heterocycles. The third-order valence-electron chi connectivity index (χ3n) is 3.10. The van der Waals surface area contributed by atoms with E-state index in [1.165, 1.54) is 16.0 Å². The maximum Gasteiger partial charge on any atom is 0.312 e. The van der Waals surface area contributed by atoms with Gasteiger partial charge < -0.3 is 0 Å². The van der Waals surface area contributed by atoms with Crippen molar-refractivity contribution in [2.75, 3.05) is 0 Å². The Bertz CT molecular complexity index is 672. The van der Waals surface area contributed by atoms with Gasteiger partial charge >= 0.3 is 5.69 Å². The quantitative estimate of drug-likeness (QED) is 0.482. The molecule has 2 rings (SSSR count). The van der Waals surface area contributed by atoms with Gasteiger partial charge in [-0.1, -0.05) is 6.92 Å². The first kappa shape index (κ1) is 14.4. The summed E-state index contributed by atoms with van der Waals surface area (Å²) in [6.45, 7) is 5.25. The zero-order valence-corrected chi connectivity index (χ0v) is 12.4. The number of thiophene rings is 1. The van der Waals surface area contributed by atoms with E-state index in [9.17, 15) is 14.9 Å².